The van der Waals surface area contributed by atoms with Crippen LogP contribution in [0.4, 0.5) is 0 Å². The lowest BCUT2D eigenvalue weighted by molar-refractivity contribution is 0.0227. The van der Waals surface area contributed by atoms with E-state index in [0.717, 1.165) is 89.0 Å². The quantitative estimate of drug-likeness (QED) is 0.865. The summed E-state index contributed by atoms with van der Waals surface area (Å²) in [6.07, 6.45) is 6.15. The summed E-state index contributed by atoms with van der Waals surface area (Å²) in [5.41, 5.74) is 2.24. The number of carbonyl (C=O) groups is 1. The first-order valence-corrected chi connectivity index (χ1v) is 11.0. The fraction of sp³-hybridized carbons (Fsp3) is 0.696. The SMILES string of the molecule is CCc1ccccc1C(=O)N1CCC2(CC1)COC(CN1CCCC(O)C1)C2. The number of β-amino-alcohol motifs (C(OH)–C–C–N with tert-alkyl or cyclic N) is 1. The predicted octanol–water partition coefficient (Wildman–Crippen LogP) is 2.72. The van der Waals surface area contributed by atoms with Gasteiger partial charge in [-0.25, -0.2) is 0 Å². The van der Waals surface area contributed by atoms with Crippen LogP contribution in [0.2, 0.25) is 0 Å². The molecule has 3 aliphatic rings. The summed E-state index contributed by atoms with van der Waals surface area (Å²) in [6, 6.07) is 8.00. The maximum absolute atomic E-state index is 13.0. The van der Waals surface area contributed by atoms with Crippen LogP contribution in [0.15, 0.2) is 24.3 Å². The maximum Gasteiger partial charge on any atom is 0.254 e. The average Bonchev–Trinajstić information content (AvgIpc) is 3.10. The van der Waals surface area contributed by atoms with Crippen LogP contribution in [-0.4, -0.2) is 72.4 Å². The number of benzene rings is 1. The molecule has 3 heterocycles. The number of nitrogens with zero attached hydrogens (tertiary/aromatic N) is 2. The Morgan fingerprint density at radius 2 is 2.04 bits per heavy atom. The van der Waals surface area contributed by atoms with Crippen molar-refractivity contribution in [1.29, 1.82) is 0 Å². The van der Waals surface area contributed by atoms with Gasteiger partial charge in [0, 0.05) is 31.7 Å². The van der Waals surface area contributed by atoms with E-state index in [1.54, 1.807) is 0 Å². The van der Waals surface area contributed by atoms with Crippen molar-refractivity contribution >= 4 is 5.91 Å². The Morgan fingerprint density at radius 1 is 1.25 bits per heavy atom. The summed E-state index contributed by atoms with van der Waals surface area (Å²) in [4.78, 5) is 17.4. The first kappa shape index (κ1) is 19.9. The number of amides is 1. The molecule has 1 spiro atoms. The maximum atomic E-state index is 13.0. The number of rotatable bonds is 4. The molecule has 0 aromatic heterocycles. The van der Waals surface area contributed by atoms with Crippen molar-refractivity contribution in [2.45, 2.75) is 57.7 Å². The second-order valence-corrected chi connectivity index (χ2v) is 9.00. The number of aliphatic hydroxyl groups excluding tert-OH is 1. The summed E-state index contributed by atoms with van der Waals surface area (Å²) in [5, 5.41) is 9.89. The predicted molar refractivity (Wildman–Crippen MR) is 109 cm³/mol. The fourth-order valence-corrected chi connectivity index (χ4v) is 5.24. The van der Waals surface area contributed by atoms with Gasteiger partial charge in [-0.2, -0.15) is 0 Å². The van der Waals surface area contributed by atoms with Crippen molar-refractivity contribution in [2.75, 3.05) is 39.3 Å². The number of ether oxygens (including phenoxy) is 1. The Bertz CT molecular complexity index is 684. The number of hydrogen-bond acceptors (Lipinski definition) is 4. The van der Waals surface area contributed by atoms with Gasteiger partial charge in [0.05, 0.1) is 18.8 Å². The average molecular weight is 387 g/mol. The van der Waals surface area contributed by atoms with Gasteiger partial charge in [-0.15, -0.1) is 0 Å². The van der Waals surface area contributed by atoms with Crippen molar-refractivity contribution in [1.82, 2.24) is 9.80 Å². The molecule has 28 heavy (non-hydrogen) atoms. The third kappa shape index (κ3) is 4.27. The number of carbonyl (C=O) groups excluding carboxylic acids is 1. The highest BCUT2D eigenvalue weighted by molar-refractivity contribution is 5.95. The largest absolute Gasteiger partial charge is 0.392 e. The van der Waals surface area contributed by atoms with Crippen LogP contribution in [0.5, 0.6) is 0 Å². The van der Waals surface area contributed by atoms with E-state index in [9.17, 15) is 9.90 Å². The fourth-order valence-electron chi connectivity index (χ4n) is 5.24. The van der Waals surface area contributed by atoms with Crippen molar-refractivity contribution in [2.24, 2.45) is 5.41 Å². The Hall–Kier alpha value is -1.43. The summed E-state index contributed by atoms with van der Waals surface area (Å²) in [6.45, 7) is 7.38. The van der Waals surface area contributed by atoms with Gasteiger partial charge < -0.3 is 14.7 Å². The van der Waals surface area contributed by atoms with Crippen molar-refractivity contribution in [3.63, 3.8) is 0 Å². The summed E-state index contributed by atoms with van der Waals surface area (Å²) in [5.74, 6) is 0.185. The third-order valence-electron chi connectivity index (χ3n) is 6.97. The van der Waals surface area contributed by atoms with Gasteiger partial charge >= 0.3 is 0 Å². The molecule has 154 valence electrons. The first-order valence-electron chi connectivity index (χ1n) is 11.0. The van der Waals surface area contributed by atoms with Crippen LogP contribution in [0, 0.1) is 5.41 Å². The molecule has 1 aromatic rings. The lowest BCUT2D eigenvalue weighted by atomic mass is 9.76. The molecule has 5 nitrogen and oxygen atoms in total. The Kier molecular flexibility index (Phi) is 6.04. The van der Waals surface area contributed by atoms with E-state index in [-0.39, 0.29) is 23.5 Å². The standard InChI is InChI=1S/C23H34N2O3/c1-2-18-6-3-4-8-21(18)22(27)25-12-9-23(10-13-25)14-20(28-17-23)16-24-11-5-7-19(26)15-24/h3-4,6,8,19-20,26H,2,5,7,9-17H2,1H3. The van der Waals surface area contributed by atoms with Crippen LogP contribution in [0.1, 0.15) is 54.9 Å². The number of piperidine rings is 2. The molecule has 1 N–H and O–H groups in total. The zero-order valence-electron chi connectivity index (χ0n) is 17.1. The van der Waals surface area contributed by atoms with Crippen molar-refractivity contribution in [3.05, 3.63) is 35.4 Å². The minimum atomic E-state index is -0.177. The van der Waals surface area contributed by atoms with Crippen LogP contribution in [0.25, 0.3) is 0 Å². The Labute approximate surface area is 168 Å². The van der Waals surface area contributed by atoms with E-state index in [2.05, 4.69) is 17.9 Å². The third-order valence-corrected chi connectivity index (χ3v) is 6.97. The van der Waals surface area contributed by atoms with E-state index in [4.69, 9.17) is 4.74 Å². The highest BCUT2D eigenvalue weighted by Gasteiger charge is 2.43. The molecule has 0 bridgehead atoms. The molecule has 0 saturated carbocycles. The van der Waals surface area contributed by atoms with E-state index in [1.165, 1.54) is 0 Å². The normalized spacial score (nSPS) is 28.0. The molecule has 2 atom stereocenters. The van der Waals surface area contributed by atoms with E-state index in [0.29, 0.717) is 0 Å². The second kappa shape index (κ2) is 8.52. The monoisotopic (exact) mass is 386 g/mol. The van der Waals surface area contributed by atoms with Crippen LogP contribution >= 0.6 is 0 Å². The van der Waals surface area contributed by atoms with Gasteiger partial charge in [-0.3, -0.25) is 9.69 Å². The van der Waals surface area contributed by atoms with Crippen molar-refractivity contribution in [3.8, 4) is 0 Å². The molecule has 0 aliphatic carbocycles. The Balaban J connectivity index is 1.31. The van der Waals surface area contributed by atoms with E-state index in [1.807, 2.05) is 23.1 Å². The van der Waals surface area contributed by atoms with Gasteiger partial charge in [0.2, 0.25) is 0 Å². The molecule has 5 heteroatoms. The molecule has 3 aliphatic heterocycles. The lowest BCUT2D eigenvalue weighted by Gasteiger charge is -2.39. The zero-order valence-corrected chi connectivity index (χ0v) is 17.1. The van der Waals surface area contributed by atoms with Gasteiger partial charge in [-0.1, -0.05) is 25.1 Å². The van der Waals surface area contributed by atoms with Gasteiger partial charge in [-0.05, 0) is 62.1 Å². The molecular weight excluding hydrogens is 352 g/mol. The van der Waals surface area contributed by atoms with Crippen LogP contribution < -0.4 is 0 Å². The molecular formula is C23H34N2O3. The molecule has 1 amide bonds. The van der Waals surface area contributed by atoms with Gasteiger partial charge in [0.25, 0.3) is 5.91 Å². The van der Waals surface area contributed by atoms with E-state index >= 15 is 0 Å². The minimum Gasteiger partial charge on any atom is -0.392 e. The highest BCUT2D eigenvalue weighted by atomic mass is 16.5. The van der Waals surface area contributed by atoms with E-state index < -0.39 is 0 Å². The molecule has 0 radical (unpaired) electrons. The van der Waals surface area contributed by atoms with Crippen molar-refractivity contribution < 1.29 is 14.6 Å². The summed E-state index contributed by atoms with van der Waals surface area (Å²) < 4.78 is 6.17. The zero-order chi connectivity index (χ0) is 19.6. The topological polar surface area (TPSA) is 53.0 Å². The van der Waals surface area contributed by atoms with Crippen LogP contribution in [-0.2, 0) is 11.2 Å². The second-order valence-electron chi connectivity index (χ2n) is 9.00. The number of likely N-dealkylation sites (tertiary alicyclic amines) is 2. The first-order chi connectivity index (χ1) is 13.6. The molecule has 4 rings (SSSR count). The van der Waals surface area contributed by atoms with Gasteiger partial charge in [0.1, 0.15) is 0 Å². The molecule has 3 saturated heterocycles. The minimum absolute atomic E-state index is 0.177. The number of hydrogen-bond donors (Lipinski definition) is 1. The summed E-state index contributed by atoms with van der Waals surface area (Å²) >= 11 is 0. The summed E-state index contributed by atoms with van der Waals surface area (Å²) in [7, 11) is 0. The number of aryl methyl sites for hydroxylation is 1. The molecule has 2 unspecified atom stereocenters. The van der Waals surface area contributed by atoms with Crippen LogP contribution in [0.3, 0.4) is 0 Å². The molecule has 3 fully saturated rings. The number of aliphatic hydroxyl groups is 1. The Morgan fingerprint density at radius 3 is 2.79 bits per heavy atom. The smallest absolute Gasteiger partial charge is 0.254 e. The van der Waals surface area contributed by atoms with Gasteiger partial charge in [0.15, 0.2) is 0 Å². The highest BCUT2D eigenvalue weighted by Crippen LogP contribution is 2.42. The lowest BCUT2D eigenvalue weighted by Crippen LogP contribution is -2.44. The molecule has 1 aromatic carbocycles.